The molecule has 25 heavy (non-hydrogen) atoms. The van der Waals surface area contributed by atoms with Crippen molar-refractivity contribution in [2.45, 2.75) is 23.8 Å². The smallest absolute Gasteiger partial charge is 0.328 e. The molecule has 0 amide bonds. The molecule has 0 aliphatic carbocycles. The molecule has 0 spiro atoms. The number of carbonyl (C=O) groups excluding carboxylic acids is 1. The Kier molecular flexibility index (Phi) is 6.99. The van der Waals surface area contributed by atoms with Crippen molar-refractivity contribution in [1.82, 2.24) is 4.72 Å². The number of rotatable bonds is 8. The molecule has 0 bridgehead atoms. The van der Waals surface area contributed by atoms with Crippen molar-refractivity contribution in [3.05, 3.63) is 65.7 Å². The molecule has 2 aromatic rings. The number of ether oxygens (including phenoxy) is 1. The van der Waals surface area contributed by atoms with E-state index in [1.165, 1.54) is 19.2 Å². The maximum absolute atomic E-state index is 12.6. The highest BCUT2D eigenvalue weighted by atomic mass is 35.5. The van der Waals surface area contributed by atoms with E-state index in [0.29, 0.717) is 11.4 Å². The van der Waals surface area contributed by atoms with E-state index in [9.17, 15) is 13.2 Å². The lowest BCUT2D eigenvalue weighted by atomic mass is 10.1. The standard InChI is InChI=1S/C18H20ClNO4S/c1-24-18(21)17(15-7-3-2-4-8-15)20-25(22,23)16-11-9-14(10-12-16)6-5-13-19/h2-4,7-12,17,20H,5-6,13H2,1H3. The number of sulfonamides is 1. The molecule has 1 N–H and O–H groups in total. The average molecular weight is 382 g/mol. The molecule has 0 heterocycles. The summed E-state index contributed by atoms with van der Waals surface area (Å²) in [5, 5.41) is 0. The fourth-order valence-corrected chi connectivity index (χ4v) is 3.65. The minimum absolute atomic E-state index is 0.0898. The zero-order valence-electron chi connectivity index (χ0n) is 13.8. The van der Waals surface area contributed by atoms with Gasteiger partial charge in [0, 0.05) is 5.88 Å². The monoisotopic (exact) mass is 381 g/mol. The van der Waals surface area contributed by atoms with E-state index in [0.717, 1.165) is 18.4 Å². The van der Waals surface area contributed by atoms with Crippen LogP contribution in [0.1, 0.15) is 23.6 Å². The van der Waals surface area contributed by atoms with Crippen molar-refractivity contribution in [1.29, 1.82) is 0 Å². The second-order valence-corrected chi connectivity index (χ2v) is 7.52. The molecule has 5 nitrogen and oxygen atoms in total. The lowest BCUT2D eigenvalue weighted by Gasteiger charge is -2.17. The van der Waals surface area contributed by atoms with Gasteiger partial charge in [0.25, 0.3) is 0 Å². The van der Waals surface area contributed by atoms with Crippen LogP contribution in [0.2, 0.25) is 0 Å². The number of aryl methyl sites for hydroxylation is 1. The van der Waals surface area contributed by atoms with E-state index in [-0.39, 0.29) is 4.90 Å². The highest BCUT2D eigenvalue weighted by Gasteiger charge is 2.27. The van der Waals surface area contributed by atoms with E-state index in [4.69, 9.17) is 16.3 Å². The predicted molar refractivity (Wildman–Crippen MR) is 97.0 cm³/mol. The minimum Gasteiger partial charge on any atom is -0.468 e. The third-order valence-corrected chi connectivity index (χ3v) is 5.38. The Bertz CT molecular complexity index is 792. The van der Waals surface area contributed by atoms with E-state index >= 15 is 0 Å². The fourth-order valence-electron chi connectivity index (χ4n) is 2.34. The maximum atomic E-state index is 12.6. The van der Waals surface area contributed by atoms with Crippen LogP contribution in [-0.4, -0.2) is 27.4 Å². The molecular weight excluding hydrogens is 362 g/mol. The number of benzene rings is 2. The molecule has 2 aromatic carbocycles. The summed E-state index contributed by atoms with van der Waals surface area (Å²) in [6.07, 6.45) is 1.61. The van der Waals surface area contributed by atoms with Gasteiger partial charge in [0.15, 0.2) is 0 Å². The maximum Gasteiger partial charge on any atom is 0.328 e. The quantitative estimate of drug-likeness (QED) is 0.563. The van der Waals surface area contributed by atoms with Crippen LogP contribution in [0.15, 0.2) is 59.5 Å². The topological polar surface area (TPSA) is 72.5 Å². The number of alkyl halides is 1. The summed E-state index contributed by atoms with van der Waals surface area (Å²) < 4.78 is 32.4. The zero-order valence-corrected chi connectivity index (χ0v) is 15.4. The molecule has 134 valence electrons. The van der Waals surface area contributed by atoms with Gasteiger partial charge in [0.2, 0.25) is 10.0 Å². The third kappa shape index (κ3) is 5.29. The van der Waals surface area contributed by atoms with Crippen LogP contribution in [0, 0.1) is 0 Å². The SMILES string of the molecule is COC(=O)C(NS(=O)(=O)c1ccc(CCCCl)cc1)c1ccccc1. The van der Waals surface area contributed by atoms with E-state index < -0.39 is 22.0 Å². The first-order chi connectivity index (χ1) is 12.0. The van der Waals surface area contributed by atoms with Crippen molar-refractivity contribution in [3.8, 4) is 0 Å². The van der Waals surface area contributed by atoms with Gasteiger partial charge in [0.1, 0.15) is 6.04 Å². The largest absolute Gasteiger partial charge is 0.468 e. The first-order valence-electron chi connectivity index (χ1n) is 7.78. The fraction of sp³-hybridized carbons (Fsp3) is 0.278. The Morgan fingerprint density at radius 1 is 1.12 bits per heavy atom. The summed E-state index contributed by atoms with van der Waals surface area (Å²) in [4.78, 5) is 12.1. The van der Waals surface area contributed by atoms with Crippen molar-refractivity contribution in [2.75, 3.05) is 13.0 Å². The summed E-state index contributed by atoms with van der Waals surface area (Å²) in [5.41, 5.74) is 1.52. The molecular formula is C18H20ClNO4S. The molecule has 0 fully saturated rings. The summed E-state index contributed by atoms with van der Waals surface area (Å²) >= 11 is 5.66. The summed E-state index contributed by atoms with van der Waals surface area (Å²) in [5.74, 6) is -0.118. The molecule has 0 aliphatic heterocycles. The van der Waals surface area contributed by atoms with Gasteiger partial charge in [-0.1, -0.05) is 42.5 Å². The lowest BCUT2D eigenvalue weighted by Crippen LogP contribution is -2.34. The van der Waals surface area contributed by atoms with Gasteiger partial charge in [-0.3, -0.25) is 0 Å². The molecule has 0 radical (unpaired) electrons. The van der Waals surface area contributed by atoms with Gasteiger partial charge in [-0.05, 0) is 36.1 Å². The molecule has 0 aliphatic rings. The normalized spacial score (nSPS) is 12.6. The number of hydrogen-bond acceptors (Lipinski definition) is 4. The highest BCUT2D eigenvalue weighted by molar-refractivity contribution is 7.89. The molecule has 0 saturated carbocycles. The molecule has 0 saturated heterocycles. The predicted octanol–water partition coefficient (Wildman–Crippen LogP) is 3.05. The van der Waals surface area contributed by atoms with Crippen LogP contribution in [0.5, 0.6) is 0 Å². The minimum atomic E-state index is -3.88. The van der Waals surface area contributed by atoms with E-state index in [1.807, 2.05) is 0 Å². The van der Waals surface area contributed by atoms with Crippen LogP contribution in [0.3, 0.4) is 0 Å². The number of esters is 1. The first kappa shape index (κ1) is 19.4. The number of methoxy groups -OCH3 is 1. The number of hydrogen-bond donors (Lipinski definition) is 1. The van der Waals surface area contributed by atoms with Gasteiger partial charge >= 0.3 is 5.97 Å². The van der Waals surface area contributed by atoms with Crippen molar-refractivity contribution in [2.24, 2.45) is 0 Å². The van der Waals surface area contributed by atoms with Gasteiger partial charge in [0.05, 0.1) is 12.0 Å². The van der Waals surface area contributed by atoms with Crippen molar-refractivity contribution in [3.63, 3.8) is 0 Å². The van der Waals surface area contributed by atoms with Gasteiger partial charge in [-0.15, -0.1) is 11.6 Å². The number of carbonyl (C=O) groups is 1. The van der Waals surface area contributed by atoms with Crippen LogP contribution >= 0.6 is 11.6 Å². The summed E-state index contributed by atoms with van der Waals surface area (Å²) in [6, 6.07) is 14.0. The zero-order chi connectivity index (χ0) is 18.3. The van der Waals surface area contributed by atoms with Crippen molar-refractivity contribution < 1.29 is 17.9 Å². The van der Waals surface area contributed by atoms with Crippen LogP contribution in [0.25, 0.3) is 0 Å². The molecule has 0 aromatic heterocycles. The Morgan fingerprint density at radius 3 is 2.32 bits per heavy atom. The van der Waals surface area contributed by atoms with Crippen LogP contribution in [0.4, 0.5) is 0 Å². The van der Waals surface area contributed by atoms with Gasteiger partial charge < -0.3 is 4.74 Å². The first-order valence-corrected chi connectivity index (χ1v) is 9.79. The van der Waals surface area contributed by atoms with E-state index in [2.05, 4.69) is 4.72 Å². The Morgan fingerprint density at radius 2 is 1.76 bits per heavy atom. The second kappa shape index (κ2) is 8.99. The second-order valence-electron chi connectivity index (χ2n) is 5.42. The van der Waals surface area contributed by atoms with Gasteiger partial charge in [-0.25, -0.2) is 13.2 Å². The van der Waals surface area contributed by atoms with Crippen LogP contribution in [-0.2, 0) is 26.0 Å². The Labute approximate surface area is 153 Å². The van der Waals surface area contributed by atoms with Crippen molar-refractivity contribution >= 4 is 27.6 Å². The Balaban J connectivity index is 2.23. The number of halogens is 1. The molecule has 1 unspecified atom stereocenters. The summed E-state index contributed by atoms with van der Waals surface area (Å²) in [7, 11) is -2.66. The highest BCUT2D eigenvalue weighted by Crippen LogP contribution is 2.19. The molecule has 7 heteroatoms. The average Bonchev–Trinajstić information content (AvgIpc) is 2.65. The van der Waals surface area contributed by atoms with Gasteiger partial charge in [-0.2, -0.15) is 4.72 Å². The molecule has 2 rings (SSSR count). The lowest BCUT2D eigenvalue weighted by molar-refractivity contribution is -0.142. The third-order valence-electron chi connectivity index (χ3n) is 3.68. The number of nitrogens with one attached hydrogen (secondary N) is 1. The Hall–Kier alpha value is -1.89. The molecule has 1 atom stereocenters. The van der Waals surface area contributed by atoms with Crippen LogP contribution < -0.4 is 4.72 Å². The van der Waals surface area contributed by atoms with E-state index in [1.54, 1.807) is 42.5 Å². The summed E-state index contributed by atoms with van der Waals surface area (Å²) in [6.45, 7) is 0.